The molecule has 0 bridgehead atoms. The second-order valence-corrected chi connectivity index (χ2v) is 5.74. The molecular weight excluding hydrogens is 333 g/mol. The van der Waals surface area contributed by atoms with E-state index in [2.05, 4.69) is 15.3 Å². The highest BCUT2D eigenvalue weighted by atomic mass is 35.5. The Labute approximate surface area is 138 Å². The van der Waals surface area contributed by atoms with Crippen LogP contribution >= 0.6 is 11.6 Å². The van der Waals surface area contributed by atoms with Gasteiger partial charge >= 0.3 is 6.18 Å². The van der Waals surface area contributed by atoms with Crippen molar-refractivity contribution in [1.29, 1.82) is 0 Å². The predicted molar refractivity (Wildman–Crippen MR) is 82.4 cm³/mol. The predicted octanol–water partition coefficient (Wildman–Crippen LogP) is 2.71. The summed E-state index contributed by atoms with van der Waals surface area (Å²) >= 11 is 5.65. The molecule has 1 atom stereocenters. The average molecular weight is 355 g/mol. The average Bonchev–Trinajstić information content (AvgIpc) is 2.72. The Morgan fingerprint density at radius 2 is 1.96 bits per heavy atom. The molecule has 0 saturated heterocycles. The van der Waals surface area contributed by atoms with Crippen LogP contribution in [0.5, 0.6) is 0 Å². The largest absolute Gasteiger partial charge is 0.436 e. The lowest BCUT2D eigenvalue weighted by Gasteiger charge is -2.23. The van der Waals surface area contributed by atoms with Gasteiger partial charge in [-0.3, -0.25) is 9.48 Å². The number of amides is 1. The van der Waals surface area contributed by atoms with Crippen molar-refractivity contribution in [1.82, 2.24) is 20.0 Å². The van der Waals surface area contributed by atoms with Crippen molar-refractivity contribution in [3.05, 3.63) is 16.4 Å². The summed E-state index contributed by atoms with van der Waals surface area (Å²) in [5.41, 5.74) is -1.05. The van der Waals surface area contributed by atoms with E-state index in [1.807, 2.05) is 20.8 Å². The molecule has 1 heterocycles. The van der Waals surface area contributed by atoms with Gasteiger partial charge in [-0.15, -0.1) is 0 Å². The highest BCUT2D eigenvalue weighted by molar-refractivity contribution is 6.32. The summed E-state index contributed by atoms with van der Waals surface area (Å²) in [7, 11) is 0. The van der Waals surface area contributed by atoms with Gasteiger partial charge in [0.05, 0.1) is 10.7 Å². The smallest absolute Gasteiger partial charge is 0.351 e. The van der Waals surface area contributed by atoms with Crippen LogP contribution in [0.3, 0.4) is 0 Å². The first-order valence-electron chi connectivity index (χ1n) is 7.41. The van der Waals surface area contributed by atoms with Crippen molar-refractivity contribution in [3.63, 3.8) is 0 Å². The highest BCUT2D eigenvalue weighted by Gasteiger charge is 2.38. The summed E-state index contributed by atoms with van der Waals surface area (Å²) in [6.07, 6.45) is -4.64. The SMILES string of the molecule is CCN(CC)CC(C)NC(=O)Cn1nc(C(F)(F)F)c(Cl)c1C. The van der Waals surface area contributed by atoms with Gasteiger partial charge in [0.15, 0.2) is 5.69 Å². The van der Waals surface area contributed by atoms with Gasteiger partial charge in [-0.1, -0.05) is 25.4 Å². The van der Waals surface area contributed by atoms with Gasteiger partial charge in [0.1, 0.15) is 6.54 Å². The molecule has 0 aromatic carbocycles. The van der Waals surface area contributed by atoms with Crippen molar-refractivity contribution < 1.29 is 18.0 Å². The number of aromatic nitrogens is 2. The number of nitrogens with zero attached hydrogens (tertiary/aromatic N) is 3. The lowest BCUT2D eigenvalue weighted by molar-refractivity contribution is -0.141. The van der Waals surface area contributed by atoms with Crippen molar-refractivity contribution in [3.8, 4) is 0 Å². The van der Waals surface area contributed by atoms with Gasteiger partial charge in [-0.05, 0) is 26.9 Å². The molecule has 1 aromatic heterocycles. The van der Waals surface area contributed by atoms with Crippen molar-refractivity contribution in [2.45, 2.75) is 46.5 Å². The molecule has 132 valence electrons. The molecule has 1 amide bonds. The molecule has 1 rings (SSSR count). The maximum absolute atomic E-state index is 12.7. The van der Waals surface area contributed by atoms with Crippen LogP contribution in [0, 0.1) is 6.92 Å². The molecule has 0 aliphatic rings. The summed E-state index contributed by atoms with van der Waals surface area (Å²) in [6.45, 7) is 9.38. The normalized spacial score (nSPS) is 13.4. The molecule has 0 fully saturated rings. The molecule has 0 saturated carbocycles. The summed E-state index contributed by atoms with van der Waals surface area (Å²) in [5.74, 6) is -0.402. The lowest BCUT2D eigenvalue weighted by Crippen LogP contribution is -2.43. The van der Waals surface area contributed by atoms with Crippen LogP contribution in [0.2, 0.25) is 5.02 Å². The number of halogens is 4. The number of hydrogen-bond donors (Lipinski definition) is 1. The monoisotopic (exact) mass is 354 g/mol. The molecule has 9 heteroatoms. The number of nitrogens with one attached hydrogen (secondary N) is 1. The molecule has 0 spiro atoms. The summed E-state index contributed by atoms with van der Waals surface area (Å²) < 4.78 is 39.2. The minimum absolute atomic E-state index is 0.115. The van der Waals surface area contributed by atoms with Crippen LogP contribution < -0.4 is 5.32 Å². The van der Waals surface area contributed by atoms with Gasteiger partial charge < -0.3 is 10.2 Å². The quantitative estimate of drug-likeness (QED) is 0.819. The molecule has 5 nitrogen and oxygen atoms in total. The first kappa shape index (κ1) is 19.8. The summed E-state index contributed by atoms with van der Waals surface area (Å²) in [5, 5.41) is 5.70. The van der Waals surface area contributed by atoms with Gasteiger partial charge in [0, 0.05) is 12.6 Å². The molecule has 0 aliphatic heterocycles. The minimum atomic E-state index is -4.64. The number of carbonyl (C=O) groups excluding carboxylic acids is 1. The summed E-state index contributed by atoms with van der Waals surface area (Å²) in [6, 6.07) is -0.115. The fourth-order valence-corrected chi connectivity index (χ4v) is 2.47. The number of likely N-dealkylation sites (N-methyl/N-ethyl adjacent to an activating group) is 1. The van der Waals surface area contributed by atoms with Gasteiger partial charge in [0.2, 0.25) is 5.91 Å². The van der Waals surface area contributed by atoms with Crippen molar-refractivity contribution in [2.75, 3.05) is 19.6 Å². The Hall–Kier alpha value is -1.28. The third-order valence-electron chi connectivity index (χ3n) is 3.53. The number of rotatable bonds is 7. The Kier molecular flexibility index (Phi) is 6.88. The van der Waals surface area contributed by atoms with E-state index in [-0.39, 0.29) is 18.3 Å². The van der Waals surface area contributed by atoms with E-state index in [1.165, 1.54) is 6.92 Å². The Balaban J connectivity index is 2.71. The maximum Gasteiger partial charge on any atom is 0.436 e. The Bertz CT molecular complexity index is 541. The van der Waals surface area contributed by atoms with Crippen LogP contribution in [0.15, 0.2) is 0 Å². The number of carbonyl (C=O) groups is 1. The van der Waals surface area contributed by atoms with Crippen molar-refractivity contribution in [2.24, 2.45) is 0 Å². The fourth-order valence-electron chi connectivity index (χ4n) is 2.23. The Morgan fingerprint density at radius 1 is 1.39 bits per heavy atom. The Morgan fingerprint density at radius 3 is 2.39 bits per heavy atom. The van der Waals surface area contributed by atoms with Crippen LogP contribution in [-0.2, 0) is 17.5 Å². The van der Waals surface area contributed by atoms with E-state index in [0.717, 1.165) is 17.8 Å². The highest BCUT2D eigenvalue weighted by Crippen LogP contribution is 2.35. The molecule has 0 aliphatic carbocycles. The van der Waals surface area contributed by atoms with E-state index in [4.69, 9.17) is 11.6 Å². The maximum atomic E-state index is 12.7. The first-order chi connectivity index (χ1) is 10.6. The third kappa shape index (κ3) is 5.39. The van der Waals surface area contributed by atoms with E-state index < -0.39 is 22.8 Å². The molecule has 1 N–H and O–H groups in total. The van der Waals surface area contributed by atoms with Crippen LogP contribution in [0.1, 0.15) is 32.2 Å². The molecule has 23 heavy (non-hydrogen) atoms. The molecule has 1 aromatic rings. The van der Waals surface area contributed by atoms with Gasteiger partial charge in [-0.25, -0.2) is 0 Å². The number of alkyl halides is 3. The van der Waals surface area contributed by atoms with E-state index in [0.29, 0.717) is 6.54 Å². The zero-order chi connectivity index (χ0) is 17.8. The van der Waals surface area contributed by atoms with Crippen LogP contribution in [-0.4, -0.2) is 46.3 Å². The number of hydrogen-bond acceptors (Lipinski definition) is 3. The lowest BCUT2D eigenvalue weighted by atomic mass is 10.3. The molecular formula is C14H22ClF3N4O. The van der Waals surface area contributed by atoms with E-state index in [9.17, 15) is 18.0 Å². The zero-order valence-corrected chi connectivity index (χ0v) is 14.4. The van der Waals surface area contributed by atoms with Crippen LogP contribution in [0.4, 0.5) is 13.2 Å². The summed E-state index contributed by atoms with van der Waals surface area (Å²) in [4.78, 5) is 14.1. The van der Waals surface area contributed by atoms with Gasteiger partial charge in [0.25, 0.3) is 0 Å². The second-order valence-electron chi connectivity index (χ2n) is 5.36. The van der Waals surface area contributed by atoms with E-state index in [1.54, 1.807) is 0 Å². The van der Waals surface area contributed by atoms with E-state index >= 15 is 0 Å². The van der Waals surface area contributed by atoms with Gasteiger partial charge in [-0.2, -0.15) is 18.3 Å². The third-order valence-corrected chi connectivity index (χ3v) is 3.98. The minimum Gasteiger partial charge on any atom is -0.351 e. The fraction of sp³-hybridized carbons (Fsp3) is 0.714. The molecule has 1 unspecified atom stereocenters. The topological polar surface area (TPSA) is 50.2 Å². The second kappa shape index (κ2) is 8.01. The van der Waals surface area contributed by atoms with Crippen molar-refractivity contribution >= 4 is 17.5 Å². The van der Waals surface area contributed by atoms with Crippen LogP contribution in [0.25, 0.3) is 0 Å². The zero-order valence-electron chi connectivity index (χ0n) is 13.7. The molecule has 0 radical (unpaired) electrons. The first-order valence-corrected chi connectivity index (χ1v) is 7.79. The standard InChI is InChI=1S/C14H22ClF3N4O/c1-5-21(6-2)7-9(3)19-11(23)8-22-10(4)12(15)13(20-22)14(16,17)18/h9H,5-8H2,1-4H3,(H,19,23).